The molecule has 3 heterocycles. The van der Waals surface area contributed by atoms with Gasteiger partial charge in [0.15, 0.2) is 0 Å². The number of carboxylic acids is 1. The van der Waals surface area contributed by atoms with Crippen molar-refractivity contribution >= 4 is 11.8 Å². The number of carboxylic acid groups (broad SMARTS) is 1. The molecule has 0 radical (unpaired) electrons. The highest BCUT2D eigenvalue weighted by molar-refractivity contribution is 5.90. The predicted octanol–water partition coefficient (Wildman–Crippen LogP) is 1.71. The number of aromatic carboxylic acids is 1. The van der Waals surface area contributed by atoms with Crippen molar-refractivity contribution in [2.45, 2.75) is 26.2 Å². The average Bonchev–Trinajstić information content (AvgIpc) is 2.74. The molecule has 29 heavy (non-hydrogen) atoms. The fraction of sp³-hybridized carbons (Fsp3) is 0.714. The number of pyridine rings is 1. The molecule has 0 aliphatic carbocycles. The molecule has 2 aliphatic heterocycles. The summed E-state index contributed by atoms with van der Waals surface area (Å²) < 4.78 is 11.1. The maximum absolute atomic E-state index is 11.5. The van der Waals surface area contributed by atoms with Crippen molar-refractivity contribution in [1.82, 2.24) is 15.2 Å². The van der Waals surface area contributed by atoms with E-state index in [-0.39, 0.29) is 5.56 Å². The smallest absolute Gasteiger partial charge is 0.341 e. The Morgan fingerprint density at radius 2 is 1.97 bits per heavy atom. The maximum atomic E-state index is 11.5. The minimum atomic E-state index is -1.02. The minimum absolute atomic E-state index is 0.0952. The van der Waals surface area contributed by atoms with Crippen LogP contribution in [0, 0.1) is 5.92 Å². The third kappa shape index (κ3) is 6.55. The van der Waals surface area contributed by atoms with Crippen LogP contribution in [-0.2, 0) is 4.74 Å². The Morgan fingerprint density at radius 3 is 2.66 bits per heavy atom. The molecule has 8 nitrogen and oxygen atoms in total. The SMILES string of the molecule is CCCOCCOc1cc(N2CCC(CN3CCNCC3)CC2)ncc1C(=O)O. The zero-order chi connectivity index (χ0) is 20.5. The highest BCUT2D eigenvalue weighted by Gasteiger charge is 2.24. The van der Waals surface area contributed by atoms with Crippen LogP contribution >= 0.6 is 0 Å². The van der Waals surface area contributed by atoms with Crippen LogP contribution in [-0.4, -0.2) is 86.6 Å². The summed E-state index contributed by atoms with van der Waals surface area (Å²) in [6, 6.07) is 1.76. The van der Waals surface area contributed by atoms with E-state index in [0.717, 1.165) is 64.3 Å². The van der Waals surface area contributed by atoms with E-state index in [1.165, 1.54) is 12.7 Å². The Hall–Kier alpha value is -1.90. The van der Waals surface area contributed by atoms with Crippen molar-refractivity contribution in [3.05, 3.63) is 17.8 Å². The van der Waals surface area contributed by atoms with Crippen molar-refractivity contribution in [2.75, 3.05) is 70.5 Å². The summed E-state index contributed by atoms with van der Waals surface area (Å²) in [7, 11) is 0. The fourth-order valence-corrected chi connectivity index (χ4v) is 3.94. The third-order valence-corrected chi connectivity index (χ3v) is 5.58. The van der Waals surface area contributed by atoms with Gasteiger partial charge in [-0.15, -0.1) is 0 Å². The van der Waals surface area contributed by atoms with Crippen molar-refractivity contribution in [3.8, 4) is 5.75 Å². The summed E-state index contributed by atoms with van der Waals surface area (Å²) in [5.41, 5.74) is 0.0952. The van der Waals surface area contributed by atoms with E-state index < -0.39 is 5.97 Å². The number of aromatic nitrogens is 1. The molecule has 0 saturated carbocycles. The van der Waals surface area contributed by atoms with Crippen LogP contribution in [0.4, 0.5) is 5.82 Å². The summed E-state index contributed by atoms with van der Waals surface area (Å²) in [6.45, 7) is 11.0. The van der Waals surface area contributed by atoms with E-state index in [0.29, 0.717) is 31.5 Å². The molecular formula is C21H34N4O4. The molecule has 0 aromatic carbocycles. The van der Waals surface area contributed by atoms with Crippen LogP contribution in [0.25, 0.3) is 0 Å². The van der Waals surface area contributed by atoms with Crippen LogP contribution in [0.1, 0.15) is 36.5 Å². The van der Waals surface area contributed by atoms with E-state index in [1.807, 2.05) is 6.92 Å². The van der Waals surface area contributed by atoms with Crippen LogP contribution < -0.4 is 15.0 Å². The standard InChI is InChI=1S/C21H34N4O4/c1-2-11-28-12-13-29-19-14-20(23-15-18(19)21(26)27)25-7-3-17(4-8-25)16-24-9-5-22-6-10-24/h14-15,17,22H,2-13,16H2,1H3,(H,26,27). The summed E-state index contributed by atoms with van der Waals surface area (Å²) in [5, 5.41) is 12.8. The first-order chi connectivity index (χ1) is 14.2. The Bertz CT molecular complexity index is 644. The molecule has 1 aromatic heterocycles. The summed E-state index contributed by atoms with van der Waals surface area (Å²) in [6.07, 6.45) is 4.62. The van der Waals surface area contributed by atoms with Crippen LogP contribution in [0.3, 0.4) is 0 Å². The lowest BCUT2D eigenvalue weighted by Gasteiger charge is -2.36. The van der Waals surface area contributed by atoms with Gasteiger partial charge in [-0.25, -0.2) is 9.78 Å². The van der Waals surface area contributed by atoms with E-state index in [2.05, 4.69) is 20.1 Å². The predicted molar refractivity (Wildman–Crippen MR) is 112 cm³/mol. The number of nitrogens with one attached hydrogen (secondary N) is 1. The van der Waals surface area contributed by atoms with Gasteiger partial charge in [0.1, 0.15) is 23.7 Å². The molecule has 0 spiro atoms. The number of hydrogen-bond donors (Lipinski definition) is 2. The molecule has 0 amide bonds. The van der Waals surface area contributed by atoms with Crippen molar-refractivity contribution < 1.29 is 19.4 Å². The monoisotopic (exact) mass is 406 g/mol. The average molecular weight is 407 g/mol. The Balaban J connectivity index is 1.54. The number of ether oxygens (including phenoxy) is 2. The lowest BCUT2D eigenvalue weighted by atomic mass is 9.96. The van der Waals surface area contributed by atoms with Crippen LogP contribution in [0.15, 0.2) is 12.3 Å². The zero-order valence-corrected chi connectivity index (χ0v) is 17.4. The summed E-state index contributed by atoms with van der Waals surface area (Å²) >= 11 is 0. The van der Waals surface area contributed by atoms with Crippen molar-refractivity contribution in [3.63, 3.8) is 0 Å². The quantitative estimate of drug-likeness (QED) is 0.568. The van der Waals surface area contributed by atoms with E-state index in [4.69, 9.17) is 9.47 Å². The molecule has 0 bridgehead atoms. The largest absolute Gasteiger partial charge is 0.490 e. The van der Waals surface area contributed by atoms with Gasteiger partial charge < -0.3 is 29.7 Å². The van der Waals surface area contributed by atoms with Gasteiger partial charge >= 0.3 is 5.97 Å². The maximum Gasteiger partial charge on any atom is 0.341 e. The number of anilines is 1. The molecule has 2 saturated heterocycles. The molecular weight excluding hydrogens is 372 g/mol. The van der Waals surface area contributed by atoms with Gasteiger partial charge in [0.2, 0.25) is 0 Å². The van der Waals surface area contributed by atoms with Gasteiger partial charge in [0.05, 0.1) is 6.61 Å². The first-order valence-electron chi connectivity index (χ1n) is 10.8. The topological polar surface area (TPSA) is 87.2 Å². The molecule has 2 N–H and O–H groups in total. The number of carbonyl (C=O) groups is 1. The van der Waals surface area contributed by atoms with Gasteiger partial charge in [-0.05, 0) is 25.2 Å². The number of nitrogens with zero attached hydrogens (tertiary/aromatic N) is 3. The zero-order valence-electron chi connectivity index (χ0n) is 17.4. The molecule has 162 valence electrons. The lowest BCUT2D eigenvalue weighted by molar-refractivity contribution is 0.0685. The molecule has 2 fully saturated rings. The second kappa shape index (κ2) is 11.3. The molecule has 0 atom stereocenters. The van der Waals surface area contributed by atoms with Crippen LogP contribution in [0.2, 0.25) is 0 Å². The Kier molecular flexibility index (Phi) is 8.52. The second-order valence-electron chi connectivity index (χ2n) is 7.79. The molecule has 3 rings (SSSR count). The first kappa shape index (κ1) is 21.8. The highest BCUT2D eigenvalue weighted by atomic mass is 16.5. The van der Waals surface area contributed by atoms with Gasteiger partial charge in [-0.1, -0.05) is 6.92 Å². The normalized spacial score (nSPS) is 18.7. The van der Waals surface area contributed by atoms with Gasteiger partial charge in [0.25, 0.3) is 0 Å². The van der Waals surface area contributed by atoms with Gasteiger partial charge in [-0.3, -0.25) is 0 Å². The molecule has 1 aromatic rings. The Labute approximate surface area is 173 Å². The third-order valence-electron chi connectivity index (χ3n) is 5.58. The lowest BCUT2D eigenvalue weighted by Crippen LogP contribution is -2.47. The number of piperazine rings is 1. The molecule has 2 aliphatic rings. The van der Waals surface area contributed by atoms with Crippen LogP contribution in [0.5, 0.6) is 5.75 Å². The fourth-order valence-electron chi connectivity index (χ4n) is 3.94. The van der Waals surface area contributed by atoms with Gasteiger partial charge in [0, 0.05) is 64.7 Å². The van der Waals surface area contributed by atoms with E-state index in [9.17, 15) is 9.90 Å². The number of piperidine rings is 1. The van der Waals surface area contributed by atoms with E-state index in [1.54, 1.807) is 6.07 Å². The van der Waals surface area contributed by atoms with Crippen molar-refractivity contribution in [2.24, 2.45) is 5.92 Å². The Morgan fingerprint density at radius 1 is 1.21 bits per heavy atom. The summed E-state index contributed by atoms with van der Waals surface area (Å²) in [4.78, 5) is 20.7. The first-order valence-corrected chi connectivity index (χ1v) is 10.8. The second-order valence-corrected chi connectivity index (χ2v) is 7.79. The number of hydrogen-bond acceptors (Lipinski definition) is 7. The summed E-state index contributed by atoms with van der Waals surface area (Å²) in [5.74, 6) is 0.850. The van der Waals surface area contributed by atoms with Gasteiger partial charge in [-0.2, -0.15) is 0 Å². The highest BCUT2D eigenvalue weighted by Crippen LogP contribution is 2.27. The number of rotatable bonds is 10. The minimum Gasteiger partial charge on any atom is -0.490 e. The van der Waals surface area contributed by atoms with E-state index >= 15 is 0 Å². The van der Waals surface area contributed by atoms with Crippen molar-refractivity contribution in [1.29, 1.82) is 0 Å². The molecule has 8 heteroatoms. The molecule has 0 unspecified atom stereocenters.